The molecule has 2 heterocycles. The van der Waals surface area contributed by atoms with Crippen LogP contribution in [-0.2, 0) is 0 Å². The molecule has 6 nitrogen and oxygen atoms in total. The molecule has 1 aromatic rings. The topological polar surface area (TPSA) is 74.1 Å². The Morgan fingerprint density at radius 1 is 1.24 bits per heavy atom. The molecule has 0 spiro atoms. The number of nitrogens with zero attached hydrogens (tertiary/aromatic N) is 4. The molecule has 0 radical (unpaired) electrons. The van der Waals surface area contributed by atoms with Crippen molar-refractivity contribution in [3.63, 3.8) is 0 Å². The van der Waals surface area contributed by atoms with Crippen LogP contribution in [0.5, 0.6) is 0 Å². The van der Waals surface area contributed by atoms with Crippen LogP contribution in [-0.4, -0.2) is 54.0 Å². The van der Waals surface area contributed by atoms with E-state index < -0.39 is 0 Å². The minimum absolute atomic E-state index is 0.639. The van der Waals surface area contributed by atoms with E-state index in [1.807, 2.05) is 18.2 Å². The number of halogens is 1. The van der Waals surface area contributed by atoms with Gasteiger partial charge in [0.15, 0.2) is 0 Å². The van der Waals surface area contributed by atoms with Gasteiger partial charge in [0.25, 0.3) is 0 Å². The number of benzene rings is 1. The summed E-state index contributed by atoms with van der Waals surface area (Å²) in [5, 5.41) is 2.18. The number of fused-ring (bicyclic) bond motifs is 1. The molecule has 2 aliphatic rings. The number of guanidine groups is 1. The molecule has 0 unspecified atom stereocenters. The first-order chi connectivity index (χ1) is 10.1. The first kappa shape index (κ1) is 14.2. The van der Waals surface area contributed by atoms with Crippen molar-refractivity contribution in [1.82, 2.24) is 14.8 Å². The van der Waals surface area contributed by atoms with Gasteiger partial charge in [0, 0.05) is 43.0 Å². The van der Waals surface area contributed by atoms with E-state index in [0.717, 1.165) is 49.1 Å². The fraction of sp³-hybridized carbons (Fsp3) is 0.357. The van der Waals surface area contributed by atoms with Crippen molar-refractivity contribution in [2.45, 2.75) is 0 Å². The molecule has 1 saturated heterocycles. The SMILES string of the molecule is CN1CCN(C2=Nc3ccc(Cl)cc3/C(=C/N)N2N)CC1. The number of hydrogen-bond donors (Lipinski definition) is 2. The minimum atomic E-state index is 0.639. The Bertz CT molecular complexity index is 603. The number of aliphatic imine (C=N–C) groups is 1. The van der Waals surface area contributed by atoms with Crippen LogP contribution >= 0.6 is 11.6 Å². The zero-order valence-electron chi connectivity index (χ0n) is 12.0. The summed E-state index contributed by atoms with van der Waals surface area (Å²) >= 11 is 6.06. The predicted molar refractivity (Wildman–Crippen MR) is 85.8 cm³/mol. The molecule has 7 heteroatoms. The van der Waals surface area contributed by atoms with Crippen molar-refractivity contribution in [2.75, 3.05) is 33.2 Å². The average Bonchev–Trinajstić information content (AvgIpc) is 2.48. The number of nitrogens with two attached hydrogens (primary N) is 2. The van der Waals surface area contributed by atoms with Crippen molar-refractivity contribution < 1.29 is 0 Å². The van der Waals surface area contributed by atoms with Gasteiger partial charge in [-0.2, -0.15) is 0 Å². The second kappa shape index (κ2) is 5.55. The molecule has 0 aromatic heterocycles. The van der Waals surface area contributed by atoms with Gasteiger partial charge in [-0.25, -0.2) is 15.8 Å². The van der Waals surface area contributed by atoms with Gasteiger partial charge in [-0.15, -0.1) is 0 Å². The van der Waals surface area contributed by atoms with Gasteiger partial charge in [-0.05, 0) is 25.2 Å². The fourth-order valence-electron chi connectivity index (χ4n) is 2.61. The van der Waals surface area contributed by atoms with Crippen LogP contribution in [0.2, 0.25) is 5.02 Å². The first-order valence-electron chi connectivity index (χ1n) is 6.89. The molecular weight excluding hydrogens is 288 g/mol. The van der Waals surface area contributed by atoms with Crippen LogP contribution in [0, 0.1) is 0 Å². The quantitative estimate of drug-likeness (QED) is 0.700. The van der Waals surface area contributed by atoms with Gasteiger partial charge in [0.05, 0.1) is 11.4 Å². The number of piperazine rings is 1. The molecule has 1 aromatic carbocycles. The molecule has 0 amide bonds. The maximum absolute atomic E-state index is 6.22. The van der Waals surface area contributed by atoms with E-state index in [2.05, 4.69) is 21.8 Å². The normalized spacial score (nSPS) is 21.5. The Morgan fingerprint density at radius 2 is 1.95 bits per heavy atom. The molecular formula is C14H19ClN6. The maximum Gasteiger partial charge on any atom is 0.221 e. The third-order valence-electron chi connectivity index (χ3n) is 3.87. The molecule has 4 N–H and O–H groups in total. The van der Waals surface area contributed by atoms with Crippen LogP contribution in [0.1, 0.15) is 5.56 Å². The molecule has 21 heavy (non-hydrogen) atoms. The largest absolute Gasteiger partial charge is 0.403 e. The van der Waals surface area contributed by atoms with E-state index >= 15 is 0 Å². The molecule has 2 aliphatic heterocycles. The van der Waals surface area contributed by atoms with Crippen molar-refractivity contribution >= 4 is 28.9 Å². The summed E-state index contributed by atoms with van der Waals surface area (Å²) in [5.41, 5.74) is 8.17. The monoisotopic (exact) mass is 306 g/mol. The lowest BCUT2D eigenvalue weighted by Crippen LogP contribution is -2.54. The molecule has 0 saturated carbocycles. The molecule has 1 fully saturated rings. The fourth-order valence-corrected chi connectivity index (χ4v) is 2.78. The molecule has 0 aliphatic carbocycles. The summed E-state index contributed by atoms with van der Waals surface area (Å²) < 4.78 is 0. The van der Waals surface area contributed by atoms with Gasteiger partial charge < -0.3 is 15.5 Å². The molecule has 3 rings (SSSR count). The summed E-state index contributed by atoms with van der Waals surface area (Å²) in [4.78, 5) is 9.15. The van der Waals surface area contributed by atoms with Crippen LogP contribution in [0.3, 0.4) is 0 Å². The Labute approximate surface area is 129 Å². The average molecular weight is 307 g/mol. The Hall–Kier alpha value is -1.76. The summed E-state index contributed by atoms with van der Waals surface area (Å²) in [6.07, 6.45) is 1.50. The van der Waals surface area contributed by atoms with Crippen molar-refractivity contribution in [1.29, 1.82) is 0 Å². The van der Waals surface area contributed by atoms with E-state index in [-0.39, 0.29) is 0 Å². The Morgan fingerprint density at radius 3 is 2.62 bits per heavy atom. The highest BCUT2D eigenvalue weighted by Crippen LogP contribution is 2.34. The minimum Gasteiger partial charge on any atom is -0.403 e. The highest BCUT2D eigenvalue weighted by atomic mass is 35.5. The van der Waals surface area contributed by atoms with Gasteiger partial charge in [0.1, 0.15) is 0 Å². The summed E-state index contributed by atoms with van der Waals surface area (Å²) in [7, 11) is 2.11. The van der Waals surface area contributed by atoms with Crippen LogP contribution in [0.25, 0.3) is 5.70 Å². The highest BCUT2D eigenvalue weighted by molar-refractivity contribution is 6.31. The number of likely N-dealkylation sites (N-methyl/N-ethyl adjacent to an activating group) is 1. The Balaban J connectivity index is 2.00. The predicted octanol–water partition coefficient (Wildman–Crippen LogP) is 1.02. The highest BCUT2D eigenvalue weighted by Gasteiger charge is 2.28. The van der Waals surface area contributed by atoms with E-state index in [1.54, 1.807) is 5.01 Å². The lowest BCUT2D eigenvalue weighted by molar-refractivity contribution is 0.203. The lowest BCUT2D eigenvalue weighted by atomic mass is 10.1. The maximum atomic E-state index is 6.22. The summed E-state index contributed by atoms with van der Waals surface area (Å²) in [5.74, 6) is 6.95. The van der Waals surface area contributed by atoms with E-state index in [1.165, 1.54) is 6.20 Å². The zero-order chi connectivity index (χ0) is 15.0. The number of hydrogen-bond acceptors (Lipinski definition) is 6. The van der Waals surface area contributed by atoms with Gasteiger partial charge >= 0.3 is 0 Å². The summed E-state index contributed by atoms with van der Waals surface area (Å²) in [6.45, 7) is 3.76. The smallest absolute Gasteiger partial charge is 0.221 e. The van der Waals surface area contributed by atoms with Crippen LogP contribution < -0.4 is 11.6 Å². The first-order valence-corrected chi connectivity index (χ1v) is 7.27. The second-order valence-corrected chi connectivity index (χ2v) is 5.72. The molecule has 0 bridgehead atoms. The molecule has 112 valence electrons. The zero-order valence-corrected chi connectivity index (χ0v) is 12.7. The van der Waals surface area contributed by atoms with E-state index in [9.17, 15) is 0 Å². The van der Waals surface area contributed by atoms with Crippen molar-refractivity contribution in [2.24, 2.45) is 16.6 Å². The van der Waals surface area contributed by atoms with Crippen LogP contribution in [0.15, 0.2) is 29.4 Å². The lowest BCUT2D eigenvalue weighted by Gasteiger charge is -2.39. The van der Waals surface area contributed by atoms with E-state index in [0.29, 0.717) is 5.02 Å². The third-order valence-corrected chi connectivity index (χ3v) is 4.11. The Kier molecular flexibility index (Phi) is 3.75. The van der Waals surface area contributed by atoms with E-state index in [4.69, 9.17) is 23.2 Å². The van der Waals surface area contributed by atoms with Crippen LogP contribution in [0.4, 0.5) is 5.69 Å². The van der Waals surface area contributed by atoms with Gasteiger partial charge in [-0.3, -0.25) is 0 Å². The van der Waals surface area contributed by atoms with Crippen molar-refractivity contribution in [3.05, 3.63) is 35.0 Å². The molecule has 0 atom stereocenters. The third kappa shape index (κ3) is 2.57. The standard InChI is InChI=1S/C14H19ClN6/c1-19-4-6-20(7-5-19)14-18-12-3-2-10(15)8-11(12)13(9-16)21(14)17/h2-3,8-9H,4-7,16-17H2,1H3/b13-9-. The van der Waals surface area contributed by atoms with Gasteiger partial charge in [0.2, 0.25) is 5.96 Å². The second-order valence-electron chi connectivity index (χ2n) is 5.29. The number of hydrazine groups is 1. The number of rotatable bonds is 0. The van der Waals surface area contributed by atoms with Gasteiger partial charge in [-0.1, -0.05) is 11.6 Å². The summed E-state index contributed by atoms with van der Waals surface area (Å²) in [6, 6.07) is 5.55. The van der Waals surface area contributed by atoms with Crippen molar-refractivity contribution in [3.8, 4) is 0 Å².